The summed E-state index contributed by atoms with van der Waals surface area (Å²) in [5.74, 6) is -0.120. The number of carbonyl (C=O) groups is 1. The Morgan fingerprint density at radius 2 is 2.19 bits per heavy atom. The molecule has 7 nitrogen and oxygen atoms in total. The second kappa shape index (κ2) is 8.52. The molecule has 1 aliphatic rings. The van der Waals surface area contributed by atoms with Crippen LogP contribution in [0.4, 0.5) is 0 Å². The maximum Gasteiger partial charge on any atom is 0.243 e. The Balaban J connectivity index is 2.24. The molecule has 0 spiro atoms. The molecule has 1 aromatic rings. The Hall–Kier alpha value is -2.11. The smallest absolute Gasteiger partial charge is 0.243 e. The van der Waals surface area contributed by atoms with Crippen molar-refractivity contribution in [3.05, 3.63) is 23.8 Å². The molecule has 0 saturated carbocycles. The van der Waals surface area contributed by atoms with Gasteiger partial charge in [-0.25, -0.2) is 8.42 Å². The number of piperidine rings is 1. The number of nitriles is 1. The van der Waals surface area contributed by atoms with Crippen LogP contribution in [0, 0.1) is 17.2 Å². The van der Waals surface area contributed by atoms with Crippen molar-refractivity contribution in [1.82, 2.24) is 9.62 Å². The van der Waals surface area contributed by atoms with E-state index in [0.29, 0.717) is 31.7 Å². The van der Waals surface area contributed by atoms with Crippen molar-refractivity contribution in [2.75, 3.05) is 19.7 Å². The van der Waals surface area contributed by atoms with Gasteiger partial charge >= 0.3 is 0 Å². The van der Waals surface area contributed by atoms with E-state index >= 15 is 0 Å². The van der Waals surface area contributed by atoms with E-state index in [-0.39, 0.29) is 34.9 Å². The Labute approximate surface area is 155 Å². The summed E-state index contributed by atoms with van der Waals surface area (Å²) in [5, 5.41) is 12.1. The number of benzene rings is 1. The van der Waals surface area contributed by atoms with Gasteiger partial charge in [0.05, 0.1) is 23.0 Å². The van der Waals surface area contributed by atoms with Crippen LogP contribution in [0.15, 0.2) is 23.1 Å². The maximum absolute atomic E-state index is 13.0. The largest absolute Gasteiger partial charge is 0.492 e. The van der Waals surface area contributed by atoms with Crippen LogP contribution >= 0.6 is 0 Å². The van der Waals surface area contributed by atoms with Crippen molar-refractivity contribution in [2.45, 2.75) is 44.6 Å². The molecule has 0 bridgehead atoms. The summed E-state index contributed by atoms with van der Waals surface area (Å²) in [6.45, 7) is 6.44. The number of carbonyl (C=O) groups excluding carboxylic acids is 1. The zero-order valence-electron chi connectivity index (χ0n) is 15.4. The average Bonchev–Trinajstić information content (AvgIpc) is 2.61. The molecule has 1 aliphatic heterocycles. The van der Waals surface area contributed by atoms with Crippen LogP contribution in [0.3, 0.4) is 0 Å². The van der Waals surface area contributed by atoms with Gasteiger partial charge in [-0.15, -0.1) is 0 Å². The molecule has 1 atom stereocenters. The topological polar surface area (TPSA) is 99.5 Å². The third kappa shape index (κ3) is 4.54. The molecule has 1 unspecified atom stereocenters. The lowest BCUT2D eigenvalue weighted by molar-refractivity contribution is -0.126. The molecule has 1 N–H and O–H groups in total. The highest BCUT2D eigenvalue weighted by molar-refractivity contribution is 7.89. The van der Waals surface area contributed by atoms with Crippen LogP contribution < -0.4 is 10.1 Å². The van der Waals surface area contributed by atoms with Gasteiger partial charge in [0.2, 0.25) is 15.9 Å². The van der Waals surface area contributed by atoms with Crippen molar-refractivity contribution in [2.24, 2.45) is 5.92 Å². The summed E-state index contributed by atoms with van der Waals surface area (Å²) in [6.07, 6.45) is 1.29. The SMILES string of the molecule is CCOc1ccc(S(=O)(=O)N2CCCC(C(=O)NC(C)C)C2)cc1C#N. The summed E-state index contributed by atoms with van der Waals surface area (Å²) >= 11 is 0. The number of ether oxygens (including phenoxy) is 1. The minimum absolute atomic E-state index is 0.0128. The van der Waals surface area contributed by atoms with Gasteiger partial charge in [0.15, 0.2) is 0 Å². The first-order valence-electron chi connectivity index (χ1n) is 8.77. The minimum atomic E-state index is -3.77. The van der Waals surface area contributed by atoms with Crippen molar-refractivity contribution in [3.63, 3.8) is 0 Å². The van der Waals surface area contributed by atoms with E-state index in [1.54, 1.807) is 6.92 Å². The van der Waals surface area contributed by atoms with Gasteiger partial charge in [-0.05, 0) is 51.8 Å². The minimum Gasteiger partial charge on any atom is -0.492 e. The van der Waals surface area contributed by atoms with E-state index in [0.717, 1.165) is 0 Å². The van der Waals surface area contributed by atoms with E-state index in [2.05, 4.69) is 5.32 Å². The summed E-state index contributed by atoms with van der Waals surface area (Å²) in [5.41, 5.74) is 0.180. The molecular formula is C18H25N3O4S. The molecule has 0 radical (unpaired) electrons. The second-order valence-electron chi connectivity index (χ2n) is 6.57. The summed E-state index contributed by atoms with van der Waals surface area (Å²) in [6, 6.07) is 6.26. The normalized spacial score (nSPS) is 18.3. The van der Waals surface area contributed by atoms with E-state index in [9.17, 15) is 18.5 Å². The highest BCUT2D eigenvalue weighted by Crippen LogP contribution is 2.27. The molecular weight excluding hydrogens is 354 g/mol. The Morgan fingerprint density at radius 1 is 1.46 bits per heavy atom. The fourth-order valence-corrected chi connectivity index (χ4v) is 4.52. The monoisotopic (exact) mass is 379 g/mol. The molecule has 8 heteroatoms. The molecule has 142 valence electrons. The number of nitrogens with one attached hydrogen (secondary N) is 1. The van der Waals surface area contributed by atoms with Crippen molar-refractivity contribution in [3.8, 4) is 11.8 Å². The predicted molar refractivity (Wildman–Crippen MR) is 97.1 cm³/mol. The van der Waals surface area contributed by atoms with Gasteiger partial charge in [0.1, 0.15) is 11.8 Å². The molecule has 0 aliphatic carbocycles. The van der Waals surface area contributed by atoms with Gasteiger partial charge in [0.25, 0.3) is 0 Å². The Morgan fingerprint density at radius 3 is 2.81 bits per heavy atom. The van der Waals surface area contributed by atoms with E-state index < -0.39 is 10.0 Å². The lowest BCUT2D eigenvalue weighted by Gasteiger charge is -2.31. The number of amides is 1. The van der Waals surface area contributed by atoms with Crippen molar-refractivity contribution >= 4 is 15.9 Å². The van der Waals surface area contributed by atoms with Crippen LogP contribution in [0.2, 0.25) is 0 Å². The first-order valence-corrected chi connectivity index (χ1v) is 10.2. The van der Waals surface area contributed by atoms with E-state index in [1.807, 2.05) is 19.9 Å². The first-order chi connectivity index (χ1) is 12.3. The molecule has 1 aromatic carbocycles. The van der Waals surface area contributed by atoms with Gasteiger partial charge in [-0.2, -0.15) is 9.57 Å². The maximum atomic E-state index is 13.0. The van der Waals surface area contributed by atoms with Crippen molar-refractivity contribution < 1.29 is 17.9 Å². The quantitative estimate of drug-likeness (QED) is 0.813. The van der Waals surface area contributed by atoms with Crippen molar-refractivity contribution in [1.29, 1.82) is 5.26 Å². The zero-order chi connectivity index (χ0) is 19.3. The number of rotatable bonds is 6. The predicted octanol–water partition coefficient (Wildman–Crippen LogP) is 1.88. The number of hydrogen-bond acceptors (Lipinski definition) is 5. The number of sulfonamides is 1. The van der Waals surface area contributed by atoms with Crippen LogP contribution in [0.25, 0.3) is 0 Å². The highest BCUT2D eigenvalue weighted by Gasteiger charge is 2.33. The van der Waals surface area contributed by atoms with Gasteiger partial charge < -0.3 is 10.1 Å². The molecule has 1 fully saturated rings. The fraction of sp³-hybridized carbons (Fsp3) is 0.556. The van der Waals surface area contributed by atoms with Crippen LogP contribution in [0.1, 0.15) is 39.2 Å². The Bertz CT molecular complexity index is 799. The van der Waals surface area contributed by atoms with Crippen LogP contribution in [-0.4, -0.2) is 44.4 Å². The molecule has 1 saturated heterocycles. The lowest BCUT2D eigenvalue weighted by atomic mass is 9.98. The third-order valence-corrected chi connectivity index (χ3v) is 6.06. The molecule has 0 aromatic heterocycles. The molecule has 26 heavy (non-hydrogen) atoms. The summed E-state index contributed by atoms with van der Waals surface area (Å²) in [7, 11) is -3.77. The molecule has 1 heterocycles. The first kappa shape index (κ1) is 20.2. The zero-order valence-corrected chi connectivity index (χ0v) is 16.2. The van der Waals surface area contributed by atoms with E-state index in [4.69, 9.17) is 4.74 Å². The third-order valence-electron chi connectivity index (χ3n) is 4.19. The number of hydrogen-bond donors (Lipinski definition) is 1. The average molecular weight is 379 g/mol. The fourth-order valence-electron chi connectivity index (χ4n) is 2.96. The van der Waals surface area contributed by atoms with E-state index in [1.165, 1.54) is 22.5 Å². The number of nitrogens with zero attached hydrogens (tertiary/aromatic N) is 2. The van der Waals surface area contributed by atoms with Gasteiger partial charge in [0, 0.05) is 19.1 Å². The standard InChI is InChI=1S/C18H25N3O4S/c1-4-25-17-8-7-16(10-15(17)11-19)26(23,24)21-9-5-6-14(12-21)18(22)20-13(2)3/h7-8,10,13-14H,4-6,9,12H2,1-3H3,(H,20,22). The van der Waals surface area contributed by atoms with Crippen LogP contribution in [-0.2, 0) is 14.8 Å². The lowest BCUT2D eigenvalue weighted by Crippen LogP contribution is -2.46. The molecule has 1 amide bonds. The Kier molecular flexibility index (Phi) is 6.62. The summed E-state index contributed by atoms with van der Waals surface area (Å²) < 4.78 is 32.6. The van der Waals surface area contributed by atoms with Crippen LogP contribution in [0.5, 0.6) is 5.75 Å². The van der Waals surface area contributed by atoms with Gasteiger partial charge in [-0.1, -0.05) is 0 Å². The highest BCUT2D eigenvalue weighted by atomic mass is 32.2. The second-order valence-corrected chi connectivity index (χ2v) is 8.51. The summed E-state index contributed by atoms with van der Waals surface area (Å²) in [4.78, 5) is 12.3. The molecule has 2 rings (SSSR count). The van der Waals surface area contributed by atoms with Gasteiger partial charge in [-0.3, -0.25) is 4.79 Å².